The number of fused-ring (bicyclic) bond motifs is 1. The van der Waals surface area contributed by atoms with E-state index >= 15 is 0 Å². The van der Waals surface area contributed by atoms with Crippen LogP contribution in [0.3, 0.4) is 0 Å². The van der Waals surface area contributed by atoms with Crippen molar-refractivity contribution in [3.05, 3.63) is 41.7 Å². The average molecular weight is 188 g/mol. The van der Waals surface area contributed by atoms with E-state index in [4.69, 9.17) is 5.73 Å². The highest BCUT2D eigenvalue weighted by atomic mass is 14.9. The fourth-order valence-corrected chi connectivity index (χ4v) is 2.08. The Morgan fingerprint density at radius 1 is 1.29 bits per heavy atom. The summed E-state index contributed by atoms with van der Waals surface area (Å²) >= 11 is 0. The van der Waals surface area contributed by atoms with Crippen molar-refractivity contribution >= 4 is 5.52 Å². The third kappa shape index (κ3) is 1.32. The van der Waals surface area contributed by atoms with Gasteiger partial charge in [0.1, 0.15) is 0 Å². The summed E-state index contributed by atoms with van der Waals surface area (Å²) in [6, 6.07) is 8.34. The Bertz CT molecular complexity index is 461. The molecule has 0 saturated carbocycles. The Morgan fingerprint density at radius 2 is 2.00 bits per heavy atom. The van der Waals surface area contributed by atoms with Gasteiger partial charge in [0.2, 0.25) is 0 Å². The third-order valence-corrected chi connectivity index (χ3v) is 2.48. The first-order chi connectivity index (χ1) is 6.50. The smallest absolute Gasteiger partial charge is 0.0512 e. The Balaban J connectivity index is 2.81. The molecule has 0 amide bonds. The summed E-state index contributed by atoms with van der Waals surface area (Å²) in [6.07, 6.45) is 2.06. The van der Waals surface area contributed by atoms with Crippen LogP contribution >= 0.6 is 0 Å². The highest BCUT2D eigenvalue weighted by molar-refractivity contribution is 5.54. The molecule has 2 heteroatoms. The molecule has 2 nitrogen and oxygen atoms in total. The predicted octanol–water partition coefficient (Wildman–Crippen LogP) is 2.44. The van der Waals surface area contributed by atoms with Crippen molar-refractivity contribution in [2.45, 2.75) is 26.3 Å². The van der Waals surface area contributed by atoms with Crippen LogP contribution in [-0.4, -0.2) is 4.40 Å². The van der Waals surface area contributed by atoms with Gasteiger partial charge in [-0.05, 0) is 44.5 Å². The molecule has 0 atom stereocenters. The molecule has 2 aromatic rings. The van der Waals surface area contributed by atoms with Crippen LogP contribution in [0.25, 0.3) is 5.52 Å². The molecular formula is C12H16N2. The van der Waals surface area contributed by atoms with Crippen LogP contribution < -0.4 is 5.73 Å². The first-order valence-electron chi connectivity index (χ1n) is 4.86. The van der Waals surface area contributed by atoms with E-state index in [9.17, 15) is 0 Å². The van der Waals surface area contributed by atoms with Crippen LogP contribution in [-0.2, 0) is 5.54 Å². The van der Waals surface area contributed by atoms with Gasteiger partial charge in [-0.25, -0.2) is 0 Å². The minimum atomic E-state index is -0.294. The lowest BCUT2D eigenvalue weighted by molar-refractivity contribution is 0.527. The number of pyridine rings is 1. The van der Waals surface area contributed by atoms with Gasteiger partial charge in [0, 0.05) is 17.4 Å². The van der Waals surface area contributed by atoms with Crippen molar-refractivity contribution in [1.82, 2.24) is 4.40 Å². The van der Waals surface area contributed by atoms with E-state index in [0.717, 1.165) is 0 Å². The SMILES string of the molecule is Cc1cc2ccccn2c1C(C)(C)N. The first-order valence-corrected chi connectivity index (χ1v) is 4.86. The van der Waals surface area contributed by atoms with Crippen molar-refractivity contribution in [3.8, 4) is 0 Å². The first kappa shape index (κ1) is 9.28. The maximum Gasteiger partial charge on any atom is 0.0512 e. The largest absolute Gasteiger partial charge is 0.321 e. The third-order valence-electron chi connectivity index (χ3n) is 2.48. The van der Waals surface area contributed by atoms with E-state index in [2.05, 4.69) is 29.7 Å². The number of nitrogens with two attached hydrogens (primary N) is 1. The molecule has 14 heavy (non-hydrogen) atoms. The van der Waals surface area contributed by atoms with Crippen LogP contribution in [0.15, 0.2) is 30.5 Å². The van der Waals surface area contributed by atoms with Crippen molar-refractivity contribution < 1.29 is 0 Å². The Hall–Kier alpha value is -1.28. The zero-order valence-electron chi connectivity index (χ0n) is 8.91. The number of hydrogen-bond donors (Lipinski definition) is 1. The standard InChI is InChI=1S/C12H16N2/c1-9-8-10-6-4-5-7-14(10)11(9)12(2,3)13/h4-8H,13H2,1-3H3. The second kappa shape index (κ2) is 2.85. The Morgan fingerprint density at radius 3 is 2.64 bits per heavy atom. The number of nitrogens with zero attached hydrogens (tertiary/aromatic N) is 1. The van der Waals surface area contributed by atoms with Gasteiger partial charge in [0.25, 0.3) is 0 Å². The number of hydrogen-bond acceptors (Lipinski definition) is 1. The van der Waals surface area contributed by atoms with Gasteiger partial charge in [-0.1, -0.05) is 6.07 Å². The summed E-state index contributed by atoms with van der Waals surface area (Å²) in [5.74, 6) is 0. The average Bonchev–Trinajstić information content (AvgIpc) is 2.38. The molecule has 2 heterocycles. The second-order valence-electron chi connectivity index (χ2n) is 4.39. The minimum absolute atomic E-state index is 0.294. The normalized spacial score (nSPS) is 12.3. The molecule has 74 valence electrons. The van der Waals surface area contributed by atoms with Crippen molar-refractivity contribution in [3.63, 3.8) is 0 Å². The van der Waals surface area contributed by atoms with E-state index in [-0.39, 0.29) is 5.54 Å². The fraction of sp³-hybridized carbons (Fsp3) is 0.333. The molecule has 0 radical (unpaired) electrons. The highest BCUT2D eigenvalue weighted by Gasteiger charge is 2.20. The van der Waals surface area contributed by atoms with Gasteiger partial charge in [-0.2, -0.15) is 0 Å². The summed E-state index contributed by atoms with van der Waals surface area (Å²) in [5, 5.41) is 0. The lowest BCUT2D eigenvalue weighted by Crippen LogP contribution is -2.31. The molecule has 2 N–H and O–H groups in total. The van der Waals surface area contributed by atoms with E-state index in [0.29, 0.717) is 0 Å². The van der Waals surface area contributed by atoms with E-state index < -0.39 is 0 Å². The van der Waals surface area contributed by atoms with Gasteiger partial charge < -0.3 is 10.1 Å². The molecule has 0 spiro atoms. The zero-order chi connectivity index (χ0) is 10.3. The van der Waals surface area contributed by atoms with Crippen LogP contribution in [0.4, 0.5) is 0 Å². The van der Waals surface area contributed by atoms with Gasteiger partial charge >= 0.3 is 0 Å². The maximum absolute atomic E-state index is 6.15. The second-order valence-corrected chi connectivity index (χ2v) is 4.39. The molecule has 2 aromatic heterocycles. The summed E-state index contributed by atoms with van der Waals surface area (Å²) < 4.78 is 2.16. The summed E-state index contributed by atoms with van der Waals surface area (Å²) in [6.45, 7) is 6.18. The predicted molar refractivity (Wildman–Crippen MR) is 59.3 cm³/mol. The molecule has 0 unspecified atom stereocenters. The summed E-state index contributed by atoms with van der Waals surface area (Å²) in [7, 11) is 0. The lowest BCUT2D eigenvalue weighted by atomic mass is 9.99. The summed E-state index contributed by atoms with van der Waals surface area (Å²) in [4.78, 5) is 0. The fourth-order valence-electron chi connectivity index (χ4n) is 2.08. The lowest BCUT2D eigenvalue weighted by Gasteiger charge is -2.20. The minimum Gasteiger partial charge on any atom is -0.321 e. The van der Waals surface area contributed by atoms with Crippen LogP contribution in [0.1, 0.15) is 25.1 Å². The van der Waals surface area contributed by atoms with Crippen molar-refractivity contribution in [2.24, 2.45) is 5.73 Å². The van der Waals surface area contributed by atoms with Crippen molar-refractivity contribution in [1.29, 1.82) is 0 Å². The van der Waals surface area contributed by atoms with Gasteiger partial charge in [-0.3, -0.25) is 0 Å². The van der Waals surface area contributed by atoms with E-state index in [1.54, 1.807) is 0 Å². The van der Waals surface area contributed by atoms with Gasteiger partial charge in [0.15, 0.2) is 0 Å². The van der Waals surface area contributed by atoms with Crippen molar-refractivity contribution in [2.75, 3.05) is 0 Å². The zero-order valence-corrected chi connectivity index (χ0v) is 8.91. The molecule has 0 aromatic carbocycles. The van der Waals surface area contributed by atoms with Crippen LogP contribution in [0.5, 0.6) is 0 Å². The molecule has 0 aliphatic heterocycles. The topological polar surface area (TPSA) is 30.4 Å². The number of rotatable bonds is 1. The summed E-state index contributed by atoms with van der Waals surface area (Å²) in [5.41, 5.74) is 9.50. The van der Waals surface area contributed by atoms with E-state index in [1.807, 2.05) is 26.0 Å². The van der Waals surface area contributed by atoms with E-state index in [1.165, 1.54) is 16.8 Å². The molecule has 2 rings (SSSR count). The molecule has 0 saturated heterocycles. The highest BCUT2D eigenvalue weighted by Crippen LogP contribution is 2.24. The number of aromatic nitrogens is 1. The Kier molecular flexibility index (Phi) is 1.89. The monoisotopic (exact) mass is 188 g/mol. The Labute approximate surface area is 84.3 Å². The van der Waals surface area contributed by atoms with Crippen LogP contribution in [0.2, 0.25) is 0 Å². The van der Waals surface area contributed by atoms with Crippen LogP contribution in [0, 0.1) is 6.92 Å². The number of aryl methyl sites for hydroxylation is 1. The quantitative estimate of drug-likeness (QED) is 0.732. The molecule has 0 fully saturated rings. The molecule has 0 bridgehead atoms. The molecule has 0 aliphatic rings. The van der Waals surface area contributed by atoms with Gasteiger partial charge in [-0.15, -0.1) is 0 Å². The maximum atomic E-state index is 6.15. The molecular weight excluding hydrogens is 172 g/mol. The molecule has 0 aliphatic carbocycles. The van der Waals surface area contributed by atoms with Gasteiger partial charge in [0.05, 0.1) is 5.54 Å².